The maximum Gasteiger partial charge on any atom is 0.191 e. The standard InChI is InChI=1S/C11H23N3O/c1-3-6-13-11(12)14-7-4-10(5-8-14)9-15-2/h10H,3-9H2,1-2H3,(H2,12,13). The second-order valence-corrected chi connectivity index (χ2v) is 4.13. The Labute approximate surface area is 92.5 Å². The van der Waals surface area contributed by atoms with E-state index in [2.05, 4.69) is 16.8 Å². The van der Waals surface area contributed by atoms with Crippen molar-refractivity contribution in [2.24, 2.45) is 16.6 Å². The van der Waals surface area contributed by atoms with Gasteiger partial charge < -0.3 is 15.4 Å². The van der Waals surface area contributed by atoms with Crippen molar-refractivity contribution in [3.8, 4) is 0 Å². The maximum atomic E-state index is 5.90. The lowest BCUT2D eigenvalue weighted by atomic mass is 9.98. The van der Waals surface area contributed by atoms with Crippen molar-refractivity contribution in [3.63, 3.8) is 0 Å². The molecular weight excluding hydrogens is 190 g/mol. The van der Waals surface area contributed by atoms with Gasteiger partial charge in [0.15, 0.2) is 5.96 Å². The third-order valence-corrected chi connectivity index (χ3v) is 2.84. The van der Waals surface area contributed by atoms with E-state index in [4.69, 9.17) is 10.5 Å². The summed E-state index contributed by atoms with van der Waals surface area (Å²) in [6, 6.07) is 0. The molecule has 15 heavy (non-hydrogen) atoms. The molecule has 1 fully saturated rings. The van der Waals surface area contributed by atoms with Gasteiger partial charge in [-0.25, -0.2) is 0 Å². The third kappa shape index (κ3) is 4.08. The van der Waals surface area contributed by atoms with Crippen molar-refractivity contribution in [1.82, 2.24) is 4.90 Å². The van der Waals surface area contributed by atoms with Crippen LogP contribution in [-0.4, -0.2) is 44.2 Å². The average molecular weight is 213 g/mol. The van der Waals surface area contributed by atoms with Gasteiger partial charge in [0, 0.05) is 33.4 Å². The Balaban J connectivity index is 2.30. The largest absolute Gasteiger partial charge is 0.384 e. The number of methoxy groups -OCH3 is 1. The molecule has 1 aliphatic heterocycles. The molecule has 0 atom stereocenters. The fourth-order valence-corrected chi connectivity index (χ4v) is 1.89. The molecule has 4 heteroatoms. The van der Waals surface area contributed by atoms with Crippen molar-refractivity contribution in [1.29, 1.82) is 0 Å². The number of ether oxygens (including phenoxy) is 1. The van der Waals surface area contributed by atoms with Crippen LogP contribution in [0.2, 0.25) is 0 Å². The van der Waals surface area contributed by atoms with Crippen LogP contribution in [-0.2, 0) is 4.74 Å². The van der Waals surface area contributed by atoms with Gasteiger partial charge in [0.2, 0.25) is 0 Å². The summed E-state index contributed by atoms with van der Waals surface area (Å²) in [7, 11) is 1.77. The molecule has 0 aliphatic carbocycles. The monoisotopic (exact) mass is 213 g/mol. The summed E-state index contributed by atoms with van der Waals surface area (Å²) in [5.74, 6) is 1.41. The minimum atomic E-state index is 0.699. The Morgan fingerprint density at radius 1 is 1.47 bits per heavy atom. The summed E-state index contributed by atoms with van der Waals surface area (Å²) in [6.07, 6.45) is 3.38. The van der Waals surface area contributed by atoms with Gasteiger partial charge in [-0.05, 0) is 25.2 Å². The number of aliphatic imine (C=N–C) groups is 1. The van der Waals surface area contributed by atoms with E-state index in [0.29, 0.717) is 11.9 Å². The normalized spacial score (nSPS) is 19.6. The molecule has 0 saturated carbocycles. The van der Waals surface area contributed by atoms with Crippen molar-refractivity contribution >= 4 is 5.96 Å². The van der Waals surface area contributed by atoms with Gasteiger partial charge in [-0.1, -0.05) is 6.92 Å². The molecule has 88 valence electrons. The lowest BCUT2D eigenvalue weighted by molar-refractivity contribution is 0.119. The summed E-state index contributed by atoms with van der Waals surface area (Å²) < 4.78 is 5.16. The van der Waals surface area contributed by atoms with E-state index >= 15 is 0 Å². The zero-order chi connectivity index (χ0) is 11.1. The van der Waals surface area contributed by atoms with Crippen LogP contribution in [0.4, 0.5) is 0 Å². The first-order chi connectivity index (χ1) is 7.27. The fourth-order valence-electron chi connectivity index (χ4n) is 1.89. The lowest BCUT2D eigenvalue weighted by Gasteiger charge is -2.32. The highest BCUT2D eigenvalue weighted by atomic mass is 16.5. The van der Waals surface area contributed by atoms with Gasteiger partial charge in [0.1, 0.15) is 0 Å². The van der Waals surface area contributed by atoms with Crippen molar-refractivity contribution in [2.75, 3.05) is 33.4 Å². The van der Waals surface area contributed by atoms with Gasteiger partial charge in [-0.3, -0.25) is 4.99 Å². The second-order valence-electron chi connectivity index (χ2n) is 4.13. The molecule has 0 unspecified atom stereocenters. The molecule has 0 amide bonds. The summed E-state index contributed by atoms with van der Waals surface area (Å²) in [5, 5.41) is 0. The van der Waals surface area contributed by atoms with E-state index in [1.165, 1.54) is 0 Å². The molecular formula is C11H23N3O. The van der Waals surface area contributed by atoms with Crippen molar-refractivity contribution in [3.05, 3.63) is 0 Å². The van der Waals surface area contributed by atoms with Gasteiger partial charge in [0.25, 0.3) is 0 Å². The first-order valence-corrected chi connectivity index (χ1v) is 5.81. The van der Waals surface area contributed by atoms with Crippen molar-refractivity contribution in [2.45, 2.75) is 26.2 Å². The molecule has 1 saturated heterocycles. The predicted octanol–water partition coefficient (Wildman–Crippen LogP) is 1.07. The molecule has 4 nitrogen and oxygen atoms in total. The highest BCUT2D eigenvalue weighted by molar-refractivity contribution is 5.78. The first kappa shape index (κ1) is 12.3. The van der Waals surface area contributed by atoms with Crippen molar-refractivity contribution < 1.29 is 4.74 Å². The molecule has 0 radical (unpaired) electrons. The van der Waals surface area contributed by atoms with Gasteiger partial charge in [-0.2, -0.15) is 0 Å². The topological polar surface area (TPSA) is 50.8 Å². The van der Waals surface area contributed by atoms with E-state index < -0.39 is 0 Å². The smallest absolute Gasteiger partial charge is 0.191 e. The zero-order valence-electron chi connectivity index (χ0n) is 9.91. The number of piperidine rings is 1. The van der Waals surface area contributed by atoms with Crippen LogP contribution in [0, 0.1) is 5.92 Å². The number of guanidine groups is 1. The lowest BCUT2D eigenvalue weighted by Crippen LogP contribution is -2.43. The Hall–Kier alpha value is -0.770. The SMILES string of the molecule is CCCN=C(N)N1CCC(COC)CC1. The second kappa shape index (κ2) is 6.67. The van der Waals surface area contributed by atoms with E-state index in [0.717, 1.165) is 45.5 Å². The molecule has 0 aromatic carbocycles. The number of likely N-dealkylation sites (tertiary alicyclic amines) is 1. The van der Waals surface area contributed by atoms with Gasteiger partial charge >= 0.3 is 0 Å². The Bertz CT molecular complexity index is 198. The molecule has 0 aromatic heterocycles. The highest BCUT2D eigenvalue weighted by Gasteiger charge is 2.19. The molecule has 1 rings (SSSR count). The summed E-state index contributed by atoms with van der Waals surface area (Å²) in [4.78, 5) is 6.51. The zero-order valence-corrected chi connectivity index (χ0v) is 9.91. The van der Waals surface area contributed by atoms with Crippen LogP contribution in [0.25, 0.3) is 0 Å². The number of nitrogens with zero attached hydrogens (tertiary/aromatic N) is 2. The molecule has 0 bridgehead atoms. The third-order valence-electron chi connectivity index (χ3n) is 2.84. The Morgan fingerprint density at radius 3 is 2.67 bits per heavy atom. The van der Waals surface area contributed by atoms with E-state index in [-0.39, 0.29) is 0 Å². The first-order valence-electron chi connectivity index (χ1n) is 5.81. The highest BCUT2D eigenvalue weighted by Crippen LogP contribution is 2.16. The minimum absolute atomic E-state index is 0.699. The molecule has 0 aromatic rings. The predicted molar refractivity (Wildman–Crippen MR) is 63.0 cm³/mol. The molecule has 2 N–H and O–H groups in total. The number of nitrogens with two attached hydrogens (primary N) is 1. The summed E-state index contributed by atoms with van der Waals surface area (Å²) >= 11 is 0. The van der Waals surface area contributed by atoms with Crippen LogP contribution >= 0.6 is 0 Å². The van der Waals surface area contributed by atoms with Crippen LogP contribution in [0.3, 0.4) is 0 Å². The van der Waals surface area contributed by atoms with E-state index in [9.17, 15) is 0 Å². The van der Waals surface area contributed by atoms with Crippen LogP contribution in [0.1, 0.15) is 26.2 Å². The number of rotatable bonds is 4. The Morgan fingerprint density at radius 2 is 2.13 bits per heavy atom. The maximum absolute atomic E-state index is 5.90. The summed E-state index contributed by atoms with van der Waals surface area (Å²) in [6.45, 7) is 5.87. The molecule has 1 aliphatic rings. The molecule has 1 heterocycles. The Kier molecular flexibility index (Phi) is 5.47. The van der Waals surface area contributed by atoms with Crippen LogP contribution < -0.4 is 5.73 Å². The number of hydrogen-bond acceptors (Lipinski definition) is 2. The van der Waals surface area contributed by atoms with Gasteiger partial charge in [0.05, 0.1) is 0 Å². The van der Waals surface area contributed by atoms with E-state index in [1.54, 1.807) is 7.11 Å². The van der Waals surface area contributed by atoms with E-state index in [1.807, 2.05) is 0 Å². The van der Waals surface area contributed by atoms with Gasteiger partial charge in [-0.15, -0.1) is 0 Å². The molecule has 0 spiro atoms. The van der Waals surface area contributed by atoms with Crippen LogP contribution in [0.15, 0.2) is 4.99 Å². The average Bonchev–Trinajstić information content (AvgIpc) is 2.27. The summed E-state index contributed by atoms with van der Waals surface area (Å²) in [5.41, 5.74) is 5.90. The fraction of sp³-hybridized carbons (Fsp3) is 0.909. The minimum Gasteiger partial charge on any atom is -0.384 e. The van der Waals surface area contributed by atoms with Crippen LogP contribution in [0.5, 0.6) is 0 Å². The number of hydrogen-bond donors (Lipinski definition) is 1. The quantitative estimate of drug-likeness (QED) is 0.561.